The van der Waals surface area contributed by atoms with Crippen molar-refractivity contribution < 1.29 is 23.1 Å². The van der Waals surface area contributed by atoms with E-state index in [9.17, 15) is 18.3 Å². The molecule has 0 radical (unpaired) electrons. The molecule has 2 aliphatic rings. The third-order valence-corrected chi connectivity index (χ3v) is 7.03. The number of aliphatic hydroxyl groups is 1. The van der Waals surface area contributed by atoms with Crippen LogP contribution in [0.5, 0.6) is 0 Å². The Kier molecular flexibility index (Phi) is 7.16. The molecule has 1 aromatic rings. The number of aliphatic imine (C=N–C) groups is 1. The Morgan fingerprint density at radius 2 is 1.85 bits per heavy atom. The van der Waals surface area contributed by atoms with E-state index in [2.05, 4.69) is 4.99 Å². The quantitative estimate of drug-likeness (QED) is 0.408. The summed E-state index contributed by atoms with van der Waals surface area (Å²) in [5.41, 5.74) is 1.69. The molecule has 3 rings (SSSR count). The van der Waals surface area contributed by atoms with Gasteiger partial charge in [-0.1, -0.05) is 52.2 Å². The minimum atomic E-state index is -3.95. The van der Waals surface area contributed by atoms with Crippen LogP contribution in [-0.4, -0.2) is 38.5 Å². The van der Waals surface area contributed by atoms with Crippen molar-refractivity contribution in [1.29, 1.82) is 0 Å². The zero-order valence-corrected chi connectivity index (χ0v) is 20.6. The molecule has 180 valence electrons. The average molecular weight is 477 g/mol. The summed E-state index contributed by atoms with van der Waals surface area (Å²) >= 11 is 0. The highest BCUT2D eigenvalue weighted by atomic mass is 32.2. The molecule has 2 aliphatic heterocycles. The first-order chi connectivity index (χ1) is 15.5. The molecule has 3 N–H and O–H groups in total. The summed E-state index contributed by atoms with van der Waals surface area (Å²) in [5, 5.41) is 16.1. The lowest BCUT2D eigenvalue weighted by Crippen LogP contribution is -2.40. The number of carbonyl (C=O) groups excluding carboxylic acids is 1. The van der Waals surface area contributed by atoms with Gasteiger partial charge in [-0.25, -0.2) is 22.8 Å². The van der Waals surface area contributed by atoms with Gasteiger partial charge in [0.25, 0.3) is 10.0 Å². The van der Waals surface area contributed by atoms with E-state index in [0.29, 0.717) is 24.8 Å². The van der Waals surface area contributed by atoms with E-state index in [4.69, 9.17) is 9.88 Å². The fourth-order valence-corrected chi connectivity index (χ4v) is 5.46. The van der Waals surface area contributed by atoms with Crippen molar-refractivity contribution >= 4 is 33.6 Å². The number of hydrogen-bond donors (Lipinski definition) is 2. The number of esters is 1. The minimum Gasteiger partial charge on any atom is -0.511 e. The van der Waals surface area contributed by atoms with Crippen LogP contribution in [0.1, 0.15) is 70.4 Å². The van der Waals surface area contributed by atoms with Gasteiger partial charge in [0.1, 0.15) is 28.8 Å². The zero-order chi connectivity index (χ0) is 24.4. The van der Waals surface area contributed by atoms with Crippen molar-refractivity contribution in [2.45, 2.75) is 71.3 Å². The number of carbonyl (C=O) groups is 1. The second-order valence-electron chi connectivity index (χ2n) is 9.03. The van der Waals surface area contributed by atoms with Crippen LogP contribution in [0.25, 0.3) is 5.57 Å². The van der Waals surface area contributed by atoms with E-state index in [-0.39, 0.29) is 27.3 Å². The molecular formula is C24H34N3O5S+. The van der Waals surface area contributed by atoms with Crippen molar-refractivity contribution in [3.63, 3.8) is 0 Å². The van der Waals surface area contributed by atoms with E-state index in [1.54, 1.807) is 19.2 Å². The molecular weight excluding hydrogens is 442 g/mol. The number of rotatable bonds is 9. The number of cyclic esters (lactones) is 1. The molecule has 0 amide bonds. The molecule has 0 fully saturated rings. The van der Waals surface area contributed by atoms with Gasteiger partial charge < -0.3 is 9.84 Å². The minimum absolute atomic E-state index is 0.0202. The first-order valence-electron chi connectivity index (χ1n) is 11.4. The van der Waals surface area contributed by atoms with E-state index in [1.807, 2.05) is 26.8 Å². The topological polar surface area (TPSA) is 119 Å². The molecule has 0 aliphatic carbocycles. The van der Waals surface area contributed by atoms with Crippen LogP contribution in [0.15, 0.2) is 40.2 Å². The van der Waals surface area contributed by atoms with Crippen molar-refractivity contribution in [2.75, 3.05) is 7.05 Å². The van der Waals surface area contributed by atoms with Crippen LogP contribution in [0.4, 0.5) is 5.69 Å². The van der Waals surface area contributed by atoms with Gasteiger partial charge in [0.05, 0.1) is 7.05 Å². The molecule has 9 heteroatoms. The summed E-state index contributed by atoms with van der Waals surface area (Å²) in [6.07, 6.45) is 7.73. The molecule has 1 aromatic carbocycles. The second-order valence-corrected chi connectivity index (χ2v) is 10.5. The maximum absolute atomic E-state index is 13.2. The molecule has 8 nitrogen and oxygen atoms in total. The molecule has 0 aromatic heterocycles. The Balaban J connectivity index is 2.15. The number of ether oxygens (including phenoxy) is 1. The Morgan fingerprint density at radius 3 is 2.36 bits per heavy atom. The molecule has 0 saturated heterocycles. The normalized spacial score (nSPS) is 22.5. The third kappa shape index (κ3) is 4.90. The lowest BCUT2D eigenvalue weighted by molar-refractivity contribution is -0.157. The molecule has 1 unspecified atom stereocenters. The highest BCUT2D eigenvalue weighted by molar-refractivity contribution is 7.93. The van der Waals surface area contributed by atoms with Crippen molar-refractivity contribution in [2.24, 2.45) is 10.1 Å². The molecule has 0 saturated carbocycles. The Bertz CT molecular complexity index is 1130. The number of nitrogens with zero attached hydrogens (tertiary/aromatic N) is 2. The summed E-state index contributed by atoms with van der Waals surface area (Å²) in [6.45, 7) is 6.09. The maximum atomic E-state index is 13.2. The highest BCUT2D eigenvalue weighted by Gasteiger charge is 2.42. The number of benzene rings is 1. The first-order valence-corrected chi connectivity index (χ1v) is 13.0. The first kappa shape index (κ1) is 25.1. The molecule has 2 heterocycles. The van der Waals surface area contributed by atoms with E-state index in [1.165, 1.54) is 12.5 Å². The van der Waals surface area contributed by atoms with Crippen LogP contribution in [0, 0.1) is 0 Å². The van der Waals surface area contributed by atoms with Gasteiger partial charge in [-0.2, -0.15) is 4.99 Å². The fraction of sp³-hybridized carbons (Fsp3) is 0.500. The van der Waals surface area contributed by atoms with Gasteiger partial charge in [0, 0.05) is 23.6 Å². The van der Waals surface area contributed by atoms with Crippen LogP contribution in [0.3, 0.4) is 0 Å². The number of hydrogen-bond acceptors (Lipinski definition) is 6. The predicted octanol–water partition coefficient (Wildman–Crippen LogP) is 4.26. The highest BCUT2D eigenvalue weighted by Crippen LogP contribution is 2.42. The van der Waals surface area contributed by atoms with Crippen LogP contribution < -0.4 is 9.62 Å². The smallest absolute Gasteiger partial charge is 0.342 e. The van der Waals surface area contributed by atoms with E-state index in [0.717, 1.165) is 30.5 Å². The maximum Gasteiger partial charge on any atom is 0.342 e. The van der Waals surface area contributed by atoms with Crippen LogP contribution >= 0.6 is 0 Å². The van der Waals surface area contributed by atoms with Gasteiger partial charge in [0.15, 0.2) is 0 Å². The van der Waals surface area contributed by atoms with Crippen LogP contribution in [-0.2, 0) is 26.0 Å². The van der Waals surface area contributed by atoms with Gasteiger partial charge in [-0.05, 0) is 19.3 Å². The van der Waals surface area contributed by atoms with E-state index >= 15 is 0 Å². The van der Waals surface area contributed by atoms with Crippen LogP contribution in [0.2, 0.25) is 0 Å². The Morgan fingerprint density at radius 1 is 1.18 bits per heavy atom. The number of quaternary nitrogens is 1. The summed E-state index contributed by atoms with van der Waals surface area (Å²) in [6, 6.07) is 5.46. The lowest BCUT2D eigenvalue weighted by Gasteiger charge is -2.37. The van der Waals surface area contributed by atoms with Gasteiger partial charge in [-0.15, -0.1) is 0 Å². The number of aliphatic hydroxyl groups excluding tert-OH is 1. The third-order valence-electron chi connectivity index (χ3n) is 6.24. The standard InChI is InChI=1S/C24H33N3O5S/c1-5-9-17-18(22-20(28)14-24(12-6-2,13-7-3)32-23(22)29)10-8-11-19(17)27(4)15-21(26-16-27)33(25,30)31/h8,10-11,15-16H,5-7,9,12-14H2,1-4H3,(H2-,25,28,29,30,31)/p+1. The summed E-state index contributed by atoms with van der Waals surface area (Å²) in [7, 11) is -2.16. The lowest BCUT2D eigenvalue weighted by atomic mass is 9.83. The predicted molar refractivity (Wildman–Crippen MR) is 131 cm³/mol. The Labute approximate surface area is 196 Å². The number of primary sulfonamides is 1. The van der Waals surface area contributed by atoms with Crippen molar-refractivity contribution in [1.82, 2.24) is 4.48 Å². The molecule has 33 heavy (non-hydrogen) atoms. The molecule has 0 bridgehead atoms. The zero-order valence-electron chi connectivity index (χ0n) is 19.8. The fourth-order valence-electron chi connectivity index (χ4n) is 4.90. The summed E-state index contributed by atoms with van der Waals surface area (Å²) in [5.74, 6) is -0.477. The van der Waals surface area contributed by atoms with Crippen molar-refractivity contribution in [3.05, 3.63) is 46.3 Å². The average Bonchev–Trinajstić information content (AvgIpc) is 3.13. The SMILES string of the molecule is CCCc1c(C2=C(O)CC(CCC)(CCC)OC2=O)cccc1[N+]1(C)C=NC(S(N)(=O)=O)=C1. The van der Waals surface area contributed by atoms with Gasteiger partial charge in [0.2, 0.25) is 11.4 Å². The number of nitrogens with two attached hydrogens (primary N) is 1. The summed E-state index contributed by atoms with van der Waals surface area (Å²) < 4.78 is 29.6. The summed E-state index contributed by atoms with van der Waals surface area (Å²) in [4.78, 5) is 17.3. The van der Waals surface area contributed by atoms with E-state index < -0.39 is 21.6 Å². The molecule has 1 atom stereocenters. The largest absolute Gasteiger partial charge is 0.511 e. The second kappa shape index (κ2) is 9.40. The monoisotopic (exact) mass is 476 g/mol. The van der Waals surface area contributed by atoms with Crippen molar-refractivity contribution in [3.8, 4) is 0 Å². The Hall–Kier alpha value is -2.49. The van der Waals surface area contributed by atoms with Gasteiger partial charge >= 0.3 is 5.97 Å². The number of sulfonamides is 1. The van der Waals surface area contributed by atoms with Gasteiger partial charge in [-0.3, -0.25) is 0 Å². The molecule has 0 spiro atoms.